The van der Waals surface area contributed by atoms with Crippen LogP contribution < -0.4 is 0 Å². The highest BCUT2D eigenvalue weighted by molar-refractivity contribution is 5.84. The number of esters is 1. The first-order chi connectivity index (χ1) is 7.70. The van der Waals surface area contributed by atoms with Gasteiger partial charge < -0.3 is 9.26 Å². The van der Waals surface area contributed by atoms with Gasteiger partial charge in [0.25, 0.3) is 0 Å². The molecule has 6 heteroatoms. The molecule has 0 fully saturated rings. The molecule has 0 aliphatic rings. The largest absolute Gasteiger partial charge is 0.462 e. The number of carbonyl (C=O) groups excluding carboxylic acids is 1. The molecule has 0 aliphatic heterocycles. The average Bonchev–Trinajstić information content (AvgIpc) is 2.77. The van der Waals surface area contributed by atoms with Crippen LogP contribution in [0.1, 0.15) is 16.2 Å². The van der Waals surface area contributed by atoms with E-state index in [-0.39, 0.29) is 11.7 Å². The predicted molar refractivity (Wildman–Crippen MR) is 53.6 cm³/mol. The first-order valence-corrected chi connectivity index (χ1v) is 4.56. The summed E-state index contributed by atoms with van der Waals surface area (Å²) >= 11 is 0. The van der Waals surface area contributed by atoms with E-state index in [2.05, 4.69) is 19.9 Å². The van der Waals surface area contributed by atoms with Crippen molar-refractivity contribution in [3.05, 3.63) is 29.8 Å². The van der Waals surface area contributed by atoms with Crippen molar-refractivity contribution >= 4 is 5.97 Å². The van der Waals surface area contributed by atoms with E-state index in [0.717, 1.165) is 5.56 Å². The maximum absolute atomic E-state index is 11.1. The van der Waals surface area contributed by atoms with Gasteiger partial charge in [0.05, 0.1) is 7.11 Å². The van der Waals surface area contributed by atoms with Gasteiger partial charge in [-0.3, -0.25) is 4.98 Å². The Morgan fingerprint density at radius 1 is 1.50 bits per heavy atom. The van der Waals surface area contributed by atoms with Gasteiger partial charge in [-0.25, -0.2) is 4.79 Å². The molecule has 0 spiro atoms. The SMILES string of the molecule is COC(=O)c1nc(-c2cc(C)ccn2)no1. The maximum Gasteiger partial charge on any atom is 0.397 e. The minimum atomic E-state index is -0.661. The fourth-order valence-corrected chi connectivity index (χ4v) is 1.16. The van der Waals surface area contributed by atoms with Crippen LogP contribution in [0, 0.1) is 6.92 Å². The van der Waals surface area contributed by atoms with Gasteiger partial charge in [0.2, 0.25) is 5.82 Å². The molecule has 0 atom stereocenters. The van der Waals surface area contributed by atoms with Crippen molar-refractivity contribution in [2.45, 2.75) is 6.92 Å². The number of ether oxygens (including phenoxy) is 1. The van der Waals surface area contributed by atoms with Crippen molar-refractivity contribution in [2.75, 3.05) is 7.11 Å². The number of pyridine rings is 1. The molecule has 82 valence electrons. The molecule has 0 radical (unpaired) electrons. The van der Waals surface area contributed by atoms with Crippen LogP contribution in [-0.2, 0) is 4.74 Å². The van der Waals surface area contributed by atoms with Crippen molar-refractivity contribution in [3.63, 3.8) is 0 Å². The van der Waals surface area contributed by atoms with Gasteiger partial charge in [0, 0.05) is 6.20 Å². The summed E-state index contributed by atoms with van der Waals surface area (Å²) in [4.78, 5) is 19.0. The fraction of sp³-hybridized carbons (Fsp3) is 0.200. The Labute approximate surface area is 91.3 Å². The van der Waals surface area contributed by atoms with Crippen molar-refractivity contribution in [1.29, 1.82) is 0 Å². The van der Waals surface area contributed by atoms with Crippen LogP contribution in [0.3, 0.4) is 0 Å². The Kier molecular flexibility index (Phi) is 2.63. The Hall–Kier alpha value is -2.24. The lowest BCUT2D eigenvalue weighted by molar-refractivity contribution is 0.0545. The van der Waals surface area contributed by atoms with Crippen molar-refractivity contribution < 1.29 is 14.1 Å². The van der Waals surface area contributed by atoms with Crippen LogP contribution in [0.2, 0.25) is 0 Å². The maximum atomic E-state index is 11.1. The molecular weight excluding hydrogens is 210 g/mol. The summed E-state index contributed by atoms with van der Waals surface area (Å²) in [6.07, 6.45) is 1.64. The lowest BCUT2D eigenvalue weighted by Crippen LogP contribution is -2.01. The molecule has 0 saturated carbocycles. The molecule has 2 rings (SSSR count). The van der Waals surface area contributed by atoms with Crippen LogP contribution in [0.15, 0.2) is 22.9 Å². The number of methoxy groups -OCH3 is 1. The second-order valence-corrected chi connectivity index (χ2v) is 3.13. The first-order valence-electron chi connectivity index (χ1n) is 4.56. The molecule has 2 heterocycles. The van der Waals surface area contributed by atoms with Gasteiger partial charge in [0.15, 0.2) is 0 Å². The van der Waals surface area contributed by atoms with E-state index in [9.17, 15) is 4.79 Å². The zero-order valence-corrected chi connectivity index (χ0v) is 8.80. The summed E-state index contributed by atoms with van der Waals surface area (Å²) in [6.45, 7) is 1.92. The zero-order valence-electron chi connectivity index (χ0n) is 8.80. The second kappa shape index (κ2) is 4.09. The van der Waals surface area contributed by atoms with Crippen LogP contribution in [0.25, 0.3) is 11.5 Å². The zero-order chi connectivity index (χ0) is 11.5. The van der Waals surface area contributed by atoms with Gasteiger partial charge in [-0.15, -0.1) is 0 Å². The van der Waals surface area contributed by atoms with Gasteiger partial charge in [-0.05, 0) is 24.6 Å². The standard InChI is InChI=1S/C10H9N3O3/c1-6-3-4-11-7(5-6)8-12-9(16-13-8)10(14)15-2/h3-5H,1-2H3. The third-order valence-corrected chi connectivity index (χ3v) is 1.93. The number of aromatic nitrogens is 3. The van der Waals surface area contributed by atoms with Crippen molar-refractivity contribution in [3.8, 4) is 11.5 Å². The van der Waals surface area contributed by atoms with E-state index in [1.807, 2.05) is 13.0 Å². The Morgan fingerprint density at radius 3 is 3.00 bits per heavy atom. The molecule has 2 aromatic rings. The molecule has 0 N–H and O–H groups in total. The van der Waals surface area contributed by atoms with Crippen molar-refractivity contribution in [1.82, 2.24) is 15.1 Å². The molecule has 0 amide bonds. The van der Waals surface area contributed by atoms with Crippen LogP contribution in [-0.4, -0.2) is 28.2 Å². The Bertz CT molecular complexity index is 522. The third-order valence-electron chi connectivity index (χ3n) is 1.93. The van der Waals surface area contributed by atoms with E-state index in [0.29, 0.717) is 5.69 Å². The summed E-state index contributed by atoms with van der Waals surface area (Å²) < 4.78 is 9.19. The van der Waals surface area contributed by atoms with E-state index in [1.54, 1.807) is 12.3 Å². The van der Waals surface area contributed by atoms with Crippen LogP contribution >= 0.6 is 0 Å². The second-order valence-electron chi connectivity index (χ2n) is 3.13. The highest BCUT2D eigenvalue weighted by Crippen LogP contribution is 2.14. The summed E-state index contributed by atoms with van der Waals surface area (Å²) in [7, 11) is 1.25. The van der Waals surface area contributed by atoms with Gasteiger partial charge >= 0.3 is 11.9 Å². The van der Waals surface area contributed by atoms with Gasteiger partial charge in [0.1, 0.15) is 5.69 Å². The summed E-state index contributed by atoms with van der Waals surface area (Å²) in [5, 5.41) is 3.65. The van der Waals surface area contributed by atoms with Crippen LogP contribution in [0.5, 0.6) is 0 Å². The summed E-state index contributed by atoms with van der Waals surface area (Å²) in [6, 6.07) is 3.65. The monoisotopic (exact) mass is 219 g/mol. The molecule has 0 saturated heterocycles. The molecule has 0 bridgehead atoms. The molecule has 0 unspecified atom stereocenters. The fourth-order valence-electron chi connectivity index (χ4n) is 1.16. The molecule has 0 aliphatic carbocycles. The van der Waals surface area contributed by atoms with Gasteiger partial charge in [-0.2, -0.15) is 4.98 Å². The quantitative estimate of drug-likeness (QED) is 0.707. The number of carbonyl (C=O) groups is 1. The summed E-state index contributed by atoms with van der Waals surface area (Å²) in [5.74, 6) is -0.573. The number of hydrogen-bond donors (Lipinski definition) is 0. The topological polar surface area (TPSA) is 78.1 Å². The number of rotatable bonds is 2. The summed E-state index contributed by atoms with van der Waals surface area (Å²) in [5.41, 5.74) is 1.58. The van der Waals surface area contributed by atoms with Crippen molar-refractivity contribution in [2.24, 2.45) is 0 Å². The number of nitrogens with zero attached hydrogens (tertiary/aromatic N) is 3. The van der Waals surface area contributed by atoms with E-state index >= 15 is 0 Å². The minimum absolute atomic E-state index is 0.180. The number of hydrogen-bond acceptors (Lipinski definition) is 6. The van der Waals surface area contributed by atoms with Gasteiger partial charge in [-0.1, -0.05) is 5.16 Å². The lowest BCUT2D eigenvalue weighted by atomic mass is 10.2. The molecule has 0 aromatic carbocycles. The predicted octanol–water partition coefficient (Wildman–Crippen LogP) is 1.23. The molecule has 6 nitrogen and oxygen atoms in total. The van der Waals surface area contributed by atoms with E-state index in [1.165, 1.54) is 7.11 Å². The number of aryl methyl sites for hydroxylation is 1. The molecular formula is C10H9N3O3. The highest BCUT2D eigenvalue weighted by Gasteiger charge is 2.16. The smallest absolute Gasteiger partial charge is 0.397 e. The highest BCUT2D eigenvalue weighted by atomic mass is 16.6. The Morgan fingerprint density at radius 2 is 2.31 bits per heavy atom. The van der Waals surface area contributed by atoms with Crippen LogP contribution in [0.4, 0.5) is 0 Å². The normalized spacial score (nSPS) is 10.1. The lowest BCUT2D eigenvalue weighted by Gasteiger charge is -1.94. The van der Waals surface area contributed by atoms with E-state index in [4.69, 9.17) is 4.52 Å². The first kappa shape index (κ1) is 10.3. The third kappa shape index (κ3) is 1.90. The molecule has 2 aromatic heterocycles. The molecule has 16 heavy (non-hydrogen) atoms. The Balaban J connectivity index is 2.35. The minimum Gasteiger partial charge on any atom is -0.462 e. The van der Waals surface area contributed by atoms with E-state index < -0.39 is 5.97 Å². The average molecular weight is 219 g/mol.